The van der Waals surface area contributed by atoms with Crippen LogP contribution in [-0.2, 0) is 4.74 Å². The van der Waals surface area contributed by atoms with Crippen molar-refractivity contribution in [1.29, 1.82) is 0 Å². The first kappa shape index (κ1) is 21.1. The van der Waals surface area contributed by atoms with Crippen molar-refractivity contribution in [2.45, 2.75) is 30.7 Å². The summed E-state index contributed by atoms with van der Waals surface area (Å²) < 4.78 is 16.8. The number of aliphatic hydroxyl groups excluding tert-OH is 4. The second-order valence-electron chi connectivity index (χ2n) is 7.10. The number of hydrogen-bond donors (Lipinski definition) is 6. The van der Waals surface area contributed by atoms with Crippen molar-refractivity contribution in [3.63, 3.8) is 0 Å². The first-order chi connectivity index (χ1) is 14.8. The largest absolute Gasteiger partial charge is 0.504 e. The molecule has 164 valence electrons. The molecule has 4 rings (SSSR count). The van der Waals surface area contributed by atoms with Crippen molar-refractivity contribution < 1.29 is 44.5 Å². The van der Waals surface area contributed by atoms with Crippen LogP contribution in [0.1, 0.15) is 0 Å². The maximum atomic E-state index is 13.2. The van der Waals surface area contributed by atoms with Crippen LogP contribution in [0.3, 0.4) is 0 Å². The van der Waals surface area contributed by atoms with Gasteiger partial charge in [-0.15, -0.1) is 0 Å². The van der Waals surface area contributed by atoms with E-state index in [4.69, 9.17) is 13.9 Å². The second kappa shape index (κ2) is 8.17. The molecule has 0 bridgehead atoms. The Balaban J connectivity index is 1.85. The fraction of sp³-hybridized carbons (Fsp3) is 0.286. The predicted octanol–water partition coefficient (Wildman–Crippen LogP) is 0.0499. The van der Waals surface area contributed by atoms with Crippen molar-refractivity contribution in [1.82, 2.24) is 0 Å². The number of aliphatic hydroxyl groups is 4. The first-order valence-electron chi connectivity index (χ1n) is 9.37. The topological polar surface area (TPSA) is 170 Å². The molecule has 1 aromatic heterocycles. The van der Waals surface area contributed by atoms with Gasteiger partial charge in [0.25, 0.3) is 0 Å². The molecule has 0 radical (unpaired) electrons. The molecule has 10 nitrogen and oxygen atoms in total. The lowest BCUT2D eigenvalue weighted by atomic mass is 9.99. The minimum absolute atomic E-state index is 0.129. The fourth-order valence-corrected chi connectivity index (χ4v) is 3.37. The number of aromatic hydroxyl groups is 2. The highest BCUT2D eigenvalue weighted by Crippen LogP contribution is 2.37. The van der Waals surface area contributed by atoms with Gasteiger partial charge in [0.2, 0.25) is 17.5 Å². The molecule has 2 heterocycles. The Hall–Kier alpha value is -3.15. The van der Waals surface area contributed by atoms with Crippen molar-refractivity contribution >= 4 is 11.0 Å². The van der Waals surface area contributed by atoms with Crippen LogP contribution >= 0.6 is 0 Å². The number of ether oxygens (including phenoxy) is 2. The zero-order valence-corrected chi connectivity index (χ0v) is 16.0. The average molecular weight is 432 g/mol. The zero-order valence-electron chi connectivity index (χ0n) is 16.0. The van der Waals surface area contributed by atoms with E-state index >= 15 is 0 Å². The van der Waals surface area contributed by atoms with Gasteiger partial charge in [0.05, 0.1) is 12.0 Å². The fourth-order valence-electron chi connectivity index (χ4n) is 3.37. The minimum atomic E-state index is -1.75. The molecule has 0 amide bonds. The second-order valence-corrected chi connectivity index (χ2v) is 7.10. The van der Waals surface area contributed by atoms with Crippen LogP contribution in [0.5, 0.6) is 17.2 Å². The van der Waals surface area contributed by atoms with Crippen LogP contribution in [0.15, 0.2) is 51.7 Å². The smallest absolute Gasteiger partial charge is 0.235 e. The molecule has 1 fully saturated rings. The summed E-state index contributed by atoms with van der Waals surface area (Å²) in [5, 5.41) is 59.2. The third kappa shape index (κ3) is 3.71. The predicted molar refractivity (Wildman–Crippen MR) is 106 cm³/mol. The molecule has 5 atom stereocenters. The van der Waals surface area contributed by atoms with Gasteiger partial charge in [-0.25, -0.2) is 0 Å². The molecule has 1 aliphatic rings. The number of benzene rings is 2. The number of para-hydroxylation sites is 1. The number of phenols is 2. The van der Waals surface area contributed by atoms with Gasteiger partial charge in [0.1, 0.15) is 30.0 Å². The molecule has 10 heteroatoms. The average Bonchev–Trinajstić information content (AvgIpc) is 2.77. The molecule has 0 spiro atoms. The quantitative estimate of drug-likeness (QED) is 0.310. The minimum Gasteiger partial charge on any atom is -0.504 e. The highest BCUT2D eigenvalue weighted by Gasteiger charge is 2.45. The van der Waals surface area contributed by atoms with Gasteiger partial charge in [-0.05, 0) is 30.3 Å². The lowest BCUT2D eigenvalue weighted by Gasteiger charge is -2.39. The molecule has 1 saturated heterocycles. The number of rotatable bonds is 4. The summed E-state index contributed by atoms with van der Waals surface area (Å²) in [7, 11) is 0. The molecular weight excluding hydrogens is 412 g/mol. The molecule has 0 unspecified atom stereocenters. The Kier molecular flexibility index (Phi) is 5.56. The summed E-state index contributed by atoms with van der Waals surface area (Å²) in [5.41, 5.74) is -0.227. The zero-order chi connectivity index (χ0) is 22.3. The molecule has 0 aliphatic carbocycles. The molecule has 3 aromatic rings. The van der Waals surface area contributed by atoms with E-state index in [-0.39, 0.29) is 28.0 Å². The van der Waals surface area contributed by atoms with Crippen molar-refractivity contribution in [2.75, 3.05) is 6.61 Å². The van der Waals surface area contributed by atoms with E-state index in [2.05, 4.69) is 0 Å². The lowest BCUT2D eigenvalue weighted by molar-refractivity contribution is -0.277. The Morgan fingerprint density at radius 1 is 0.935 bits per heavy atom. The lowest BCUT2D eigenvalue weighted by Crippen LogP contribution is -2.60. The third-order valence-electron chi connectivity index (χ3n) is 5.08. The summed E-state index contributed by atoms with van der Waals surface area (Å²) in [4.78, 5) is 13.2. The van der Waals surface area contributed by atoms with Crippen molar-refractivity contribution in [3.05, 3.63) is 52.7 Å². The highest BCUT2D eigenvalue weighted by molar-refractivity contribution is 5.82. The van der Waals surface area contributed by atoms with Crippen molar-refractivity contribution in [3.8, 4) is 28.6 Å². The summed E-state index contributed by atoms with van der Waals surface area (Å²) in [6.45, 7) is -0.671. The highest BCUT2D eigenvalue weighted by atomic mass is 16.7. The Labute approximate surface area is 174 Å². The standard InChI is InChI=1S/C21H20O10/c22-8-14-16(26)17(27)18(28)21(30-14)31-20-15(25)10-3-1-2-4-13(10)29-19(20)9-5-6-11(23)12(24)7-9/h1-7,14,16-18,21-24,26-28H,8H2/t14-,16+,17-,18+,21-/m0/s1. The van der Waals surface area contributed by atoms with E-state index in [1.807, 2.05) is 0 Å². The SMILES string of the molecule is O=c1c(O[C@@H]2O[C@@H](CO)[C@@H](O)[C@H](O)[C@H]2O)c(-c2ccc(O)c(O)c2)oc2ccccc12. The van der Waals surface area contributed by atoms with Crippen LogP contribution in [0, 0.1) is 0 Å². The van der Waals surface area contributed by atoms with Gasteiger partial charge in [-0.2, -0.15) is 0 Å². The number of phenolic OH excluding ortho intramolecular Hbond substituents is 2. The van der Waals surface area contributed by atoms with Crippen LogP contribution in [0.25, 0.3) is 22.3 Å². The molecule has 2 aromatic carbocycles. The number of fused-ring (bicyclic) bond motifs is 1. The summed E-state index contributed by atoms with van der Waals surface area (Å²) in [5.74, 6) is -1.38. The van der Waals surface area contributed by atoms with E-state index in [0.717, 1.165) is 6.07 Å². The van der Waals surface area contributed by atoms with Gasteiger partial charge in [-0.3, -0.25) is 4.79 Å². The molecule has 1 aliphatic heterocycles. The summed E-state index contributed by atoms with van der Waals surface area (Å²) in [6, 6.07) is 10.0. The van der Waals surface area contributed by atoms with E-state index in [1.54, 1.807) is 18.2 Å². The Bertz CT molecular complexity index is 1150. The first-order valence-corrected chi connectivity index (χ1v) is 9.37. The van der Waals surface area contributed by atoms with Gasteiger partial charge in [0.15, 0.2) is 17.3 Å². The van der Waals surface area contributed by atoms with E-state index in [9.17, 15) is 35.4 Å². The third-order valence-corrected chi connectivity index (χ3v) is 5.08. The van der Waals surface area contributed by atoms with Gasteiger partial charge in [-0.1, -0.05) is 12.1 Å². The Morgan fingerprint density at radius 2 is 1.68 bits per heavy atom. The van der Waals surface area contributed by atoms with Crippen molar-refractivity contribution in [2.24, 2.45) is 0 Å². The normalized spacial score (nSPS) is 26.1. The van der Waals surface area contributed by atoms with Crippen LogP contribution in [-0.4, -0.2) is 68.0 Å². The summed E-state index contributed by atoms with van der Waals surface area (Å²) >= 11 is 0. The monoisotopic (exact) mass is 432 g/mol. The molecule has 0 saturated carbocycles. The van der Waals surface area contributed by atoms with Crippen LogP contribution in [0.2, 0.25) is 0 Å². The van der Waals surface area contributed by atoms with E-state index in [0.29, 0.717) is 0 Å². The van der Waals surface area contributed by atoms with E-state index in [1.165, 1.54) is 18.2 Å². The maximum absolute atomic E-state index is 13.2. The van der Waals surface area contributed by atoms with Gasteiger partial charge in [0, 0.05) is 5.56 Å². The van der Waals surface area contributed by atoms with E-state index < -0.39 is 54.2 Å². The van der Waals surface area contributed by atoms with Gasteiger partial charge < -0.3 is 44.5 Å². The molecule has 31 heavy (non-hydrogen) atoms. The van der Waals surface area contributed by atoms with Crippen LogP contribution < -0.4 is 10.2 Å². The van der Waals surface area contributed by atoms with Crippen LogP contribution in [0.4, 0.5) is 0 Å². The number of hydrogen-bond acceptors (Lipinski definition) is 10. The maximum Gasteiger partial charge on any atom is 0.235 e. The molecular formula is C21H20O10. The van der Waals surface area contributed by atoms with Gasteiger partial charge >= 0.3 is 0 Å². The Morgan fingerprint density at radius 3 is 2.39 bits per heavy atom. The summed E-state index contributed by atoms with van der Waals surface area (Å²) in [6.07, 6.45) is -7.91. The molecule has 6 N–H and O–H groups in total.